The lowest BCUT2D eigenvalue weighted by molar-refractivity contribution is -0.142. The van der Waals surface area contributed by atoms with E-state index in [4.69, 9.17) is 11.2 Å². The number of rotatable bonds is 8. The molecule has 35 heavy (non-hydrogen) atoms. The lowest BCUT2D eigenvalue weighted by Gasteiger charge is -2.35. The molecule has 0 radical (unpaired) electrons. The molecule has 1 saturated carbocycles. The first kappa shape index (κ1) is 28.2. The van der Waals surface area contributed by atoms with E-state index >= 15 is 0 Å². The zero-order valence-corrected chi connectivity index (χ0v) is 22.0. The van der Waals surface area contributed by atoms with Crippen molar-refractivity contribution in [1.29, 1.82) is 0 Å². The molecule has 0 saturated heterocycles. The number of nitrogens with one attached hydrogen (secondary N) is 2. The largest absolute Gasteiger partial charge is 0.444 e. The first-order valence-corrected chi connectivity index (χ1v) is 12.6. The summed E-state index contributed by atoms with van der Waals surface area (Å²) < 4.78 is 5.40. The van der Waals surface area contributed by atoms with E-state index in [1.54, 1.807) is 46.0 Å². The molecular formula is C28H41N3O4. The highest BCUT2D eigenvalue weighted by Crippen LogP contribution is 2.27. The van der Waals surface area contributed by atoms with Gasteiger partial charge in [0.25, 0.3) is 0 Å². The molecule has 1 aromatic rings. The van der Waals surface area contributed by atoms with Gasteiger partial charge in [-0.25, -0.2) is 4.79 Å². The normalized spacial score (nSPS) is 16.8. The van der Waals surface area contributed by atoms with Crippen LogP contribution in [0, 0.1) is 18.3 Å². The maximum Gasteiger partial charge on any atom is 0.408 e. The van der Waals surface area contributed by atoms with Crippen LogP contribution in [0.3, 0.4) is 0 Å². The summed E-state index contributed by atoms with van der Waals surface area (Å²) in [4.78, 5) is 41.3. The minimum atomic E-state index is -0.927. The molecular weight excluding hydrogens is 442 g/mol. The van der Waals surface area contributed by atoms with E-state index in [9.17, 15) is 14.4 Å². The highest BCUT2D eigenvalue weighted by atomic mass is 16.6. The average molecular weight is 484 g/mol. The smallest absolute Gasteiger partial charge is 0.408 e. The predicted octanol–water partition coefficient (Wildman–Crippen LogP) is 4.56. The molecule has 0 spiro atoms. The van der Waals surface area contributed by atoms with Gasteiger partial charge in [-0.3, -0.25) is 9.59 Å². The molecule has 2 rings (SSSR count). The Morgan fingerprint density at radius 1 is 1.17 bits per heavy atom. The number of hydrogen-bond acceptors (Lipinski definition) is 4. The van der Waals surface area contributed by atoms with Gasteiger partial charge in [0.05, 0.1) is 0 Å². The summed E-state index contributed by atoms with van der Waals surface area (Å²) in [6, 6.07) is 5.45. The topological polar surface area (TPSA) is 87.7 Å². The van der Waals surface area contributed by atoms with E-state index in [1.807, 2.05) is 19.9 Å². The van der Waals surface area contributed by atoms with E-state index in [1.165, 1.54) is 11.3 Å². The molecule has 1 aliphatic carbocycles. The number of benzene rings is 1. The van der Waals surface area contributed by atoms with Crippen molar-refractivity contribution in [3.8, 4) is 12.3 Å². The van der Waals surface area contributed by atoms with E-state index in [0.717, 1.165) is 25.7 Å². The van der Waals surface area contributed by atoms with Crippen LogP contribution in [0.4, 0.5) is 4.79 Å². The van der Waals surface area contributed by atoms with Gasteiger partial charge in [-0.15, -0.1) is 6.42 Å². The number of carbonyl (C=O) groups is 3. The first-order chi connectivity index (χ1) is 16.5. The number of terminal acetylenes is 1. The van der Waals surface area contributed by atoms with Crippen LogP contribution >= 0.6 is 0 Å². The maximum atomic E-state index is 13.8. The molecule has 1 aliphatic rings. The number of ether oxygens (including phenoxy) is 1. The van der Waals surface area contributed by atoms with Gasteiger partial charge in [0, 0.05) is 18.7 Å². The summed E-state index contributed by atoms with van der Waals surface area (Å²) >= 11 is 0. The predicted molar refractivity (Wildman–Crippen MR) is 138 cm³/mol. The van der Waals surface area contributed by atoms with Gasteiger partial charge >= 0.3 is 6.09 Å². The molecule has 0 aliphatic heterocycles. The van der Waals surface area contributed by atoms with Crippen LogP contribution < -0.4 is 10.6 Å². The van der Waals surface area contributed by atoms with Crippen LogP contribution in [0.2, 0.25) is 0 Å². The van der Waals surface area contributed by atoms with E-state index < -0.39 is 23.8 Å². The second kappa shape index (κ2) is 12.6. The fraction of sp³-hybridized carbons (Fsp3) is 0.607. The Balaban J connectivity index is 2.38. The third kappa shape index (κ3) is 8.02. The summed E-state index contributed by atoms with van der Waals surface area (Å²) in [5, 5.41) is 5.88. The Labute approximate surface area is 210 Å². The molecule has 7 nitrogen and oxygen atoms in total. The summed E-state index contributed by atoms with van der Waals surface area (Å²) in [5.41, 5.74) is 0.433. The van der Waals surface area contributed by atoms with Crippen molar-refractivity contribution in [2.75, 3.05) is 7.05 Å². The highest BCUT2D eigenvalue weighted by Gasteiger charge is 2.37. The SMILES string of the molecule is C#Cc1ccccc1C(C(=O)NC1CCCCC1)N(C)C(=O)C(NC(=O)OC(C)(C)C)C(C)CC. The summed E-state index contributed by atoms with van der Waals surface area (Å²) in [5.74, 6) is 1.82. The van der Waals surface area contributed by atoms with Crippen LogP contribution in [0.15, 0.2) is 24.3 Å². The Hall–Kier alpha value is -3.01. The fourth-order valence-electron chi connectivity index (χ4n) is 4.38. The third-order valence-electron chi connectivity index (χ3n) is 6.50. The van der Waals surface area contributed by atoms with Gasteiger partial charge in [-0.1, -0.05) is 63.7 Å². The number of likely N-dealkylation sites (N-methyl/N-ethyl adjacent to an activating group) is 1. The second-order valence-electron chi connectivity index (χ2n) is 10.4. The Kier molecular flexibility index (Phi) is 10.2. The first-order valence-electron chi connectivity index (χ1n) is 12.6. The van der Waals surface area contributed by atoms with Crippen molar-refractivity contribution < 1.29 is 19.1 Å². The van der Waals surface area contributed by atoms with Crippen molar-refractivity contribution in [1.82, 2.24) is 15.5 Å². The van der Waals surface area contributed by atoms with Crippen LogP contribution in [-0.2, 0) is 14.3 Å². The van der Waals surface area contributed by atoms with Crippen molar-refractivity contribution in [2.24, 2.45) is 5.92 Å². The number of alkyl carbamates (subject to hydrolysis) is 1. The summed E-state index contributed by atoms with van der Waals surface area (Å²) in [6.45, 7) is 9.13. The summed E-state index contributed by atoms with van der Waals surface area (Å²) in [7, 11) is 1.59. The Morgan fingerprint density at radius 3 is 2.37 bits per heavy atom. The van der Waals surface area contributed by atoms with Gasteiger partial charge < -0.3 is 20.3 Å². The monoisotopic (exact) mass is 483 g/mol. The maximum absolute atomic E-state index is 13.8. The quantitative estimate of drug-likeness (QED) is 0.531. The Bertz CT molecular complexity index is 925. The minimum Gasteiger partial charge on any atom is -0.444 e. The number of amides is 3. The molecule has 7 heteroatoms. The standard InChI is InChI=1S/C28H41N3O4/c1-8-19(3)23(30-27(34)35-28(4,5)6)26(33)31(7)24(22-18-14-13-15-20(22)9-2)25(32)29-21-16-11-10-12-17-21/h2,13-15,18-19,21,23-24H,8,10-12,16-17H2,1,3-7H3,(H,29,32)(H,30,34). The molecule has 192 valence electrons. The average Bonchev–Trinajstić information content (AvgIpc) is 2.81. The van der Waals surface area contributed by atoms with Crippen molar-refractivity contribution in [2.45, 2.75) is 96.9 Å². The molecule has 1 fully saturated rings. The zero-order chi connectivity index (χ0) is 26.2. The third-order valence-corrected chi connectivity index (χ3v) is 6.50. The molecule has 1 aromatic carbocycles. The van der Waals surface area contributed by atoms with Crippen molar-refractivity contribution in [3.05, 3.63) is 35.4 Å². The molecule has 0 heterocycles. The zero-order valence-electron chi connectivity index (χ0n) is 22.0. The Morgan fingerprint density at radius 2 is 1.80 bits per heavy atom. The van der Waals surface area contributed by atoms with Gasteiger partial charge in [0.15, 0.2) is 0 Å². The summed E-state index contributed by atoms with van der Waals surface area (Å²) in [6.07, 6.45) is 10.9. The van der Waals surface area contributed by atoms with Crippen LogP contribution in [-0.4, -0.2) is 47.5 Å². The van der Waals surface area contributed by atoms with E-state index in [2.05, 4.69) is 16.6 Å². The van der Waals surface area contributed by atoms with Gasteiger partial charge in [-0.05, 0) is 51.2 Å². The van der Waals surface area contributed by atoms with Gasteiger partial charge in [-0.2, -0.15) is 0 Å². The lowest BCUT2D eigenvalue weighted by atomic mass is 9.93. The molecule has 3 unspecified atom stereocenters. The number of hydrogen-bond donors (Lipinski definition) is 2. The highest BCUT2D eigenvalue weighted by molar-refractivity contribution is 5.92. The molecule has 0 aromatic heterocycles. The van der Waals surface area contributed by atoms with Crippen LogP contribution in [0.5, 0.6) is 0 Å². The van der Waals surface area contributed by atoms with Crippen molar-refractivity contribution in [3.63, 3.8) is 0 Å². The van der Waals surface area contributed by atoms with Gasteiger partial charge in [0.2, 0.25) is 11.8 Å². The van der Waals surface area contributed by atoms with Gasteiger partial charge in [0.1, 0.15) is 17.7 Å². The van der Waals surface area contributed by atoms with Crippen molar-refractivity contribution >= 4 is 17.9 Å². The molecule has 3 amide bonds. The number of carbonyl (C=O) groups excluding carboxylic acids is 3. The molecule has 3 atom stereocenters. The van der Waals surface area contributed by atoms with Crippen LogP contribution in [0.25, 0.3) is 0 Å². The molecule has 0 bridgehead atoms. The lowest BCUT2D eigenvalue weighted by Crippen LogP contribution is -2.54. The minimum absolute atomic E-state index is 0.0745. The fourth-order valence-corrected chi connectivity index (χ4v) is 4.38. The van der Waals surface area contributed by atoms with E-state index in [-0.39, 0.29) is 23.8 Å². The molecule has 2 N–H and O–H groups in total. The number of nitrogens with zero attached hydrogens (tertiary/aromatic N) is 1. The van der Waals surface area contributed by atoms with E-state index in [0.29, 0.717) is 17.5 Å². The second-order valence-corrected chi connectivity index (χ2v) is 10.4. The van der Waals surface area contributed by atoms with Crippen LogP contribution in [0.1, 0.15) is 90.3 Å².